The van der Waals surface area contributed by atoms with Crippen LogP contribution in [-0.4, -0.2) is 11.6 Å². The minimum atomic E-state index is -0.165. The van der Waals surface area contributed by atoms with E-state index >= 15 is 0 Å². The van der Waals surface area contributed by atoms with E-state index in [0.29, 0.717) is 11.8 Å². The third-order valence-electron chi connectivity index (χ3n) is 4.86. The van der Waals surface area contributed by atoms with Gasteiger partial charge in [0.05, 0.1) is 0 Å². The first-order valence-electron chi connectivity index (χ1n) is 7.36. The van der Waals surface area contributed by atoms with Gasteiger partial charge in [-0.2, -0.15) is 0 Å². The van der Waals surface area contributed by atoms with Crippen molar-refractivity contribution in [3.8, 4) is 0 Å². The molecule has 0 N–H and O–H groups in total. The molecule has 1 saturated carbocycles. The van der Waals surface area contributed by atoms with E-state index in [1.807, 2.05) is 0 Å². The van der Waals surface area contributed by atoms with Gasteiger partial charge >= 0.3 is 5.97 Å². The highest BCUT2D eigenvalue weighted by molar-refractivity contribution is 5.91. The van der Waals surface area contributed by atoms with Crippen molar-refractivity contribution in [2.45, 2.75) is 57.5 Å². The Balaban J connectivity index is 1.68. The van der Waals surface area contributed by atoms with Crippen molar-refractivity contribution in [1.82, 2.24) is 0 Å². The van der Waals surface area contributed by atoms with Gasteiger partial charge in [-0.25, -0.2) is 4.79 Å². The Hall–Kier alpha value is -1.05. The van der Waals surface area contributed by atoms with Crippen LogP contribution >= 0.6 is 0 Å². The molecule has 2 unspecified atom stereocenters. The number of rotatable bonds is 3. The average molecular weight is 246 g/mol. The van der Waals surface area contributed by atoms with Crippen molar-refractivity contribution < 1.29 is 9.53 Å². The number of ether oxygens (including phenoxy) is 1. The molecule has 98 valence electrons. The molecule has 0 aromatic rings. The van der Waals surface area contributed by atoms with Crippen LogP contribution < -0.4 is 0 Å². The maximum atomic E-state index is 12.3. The molecular formula is C16H22O2. The minimum absolute atomic E-state index is 0.0457. The molecule has 18 heavy (non-hydrogen) atoms. The SMILES string of the molecule is CCC1(OC(=O)C2=CC3C=CC2C3)CCCCC1. The van der Waals surface area contributed by atoms with Gasteiger partial charge in [-0.3, -0.25) is 0 Å². The van der Waals surface area contributed by atoms with Gasteiger partial charge in [0.1, 0.15) is 5.60 Å². The molecule has 3 aliphatic rings. The summed E-state index contributed by atoms with van der Waals surface area (Å²) < 4.78 is 5.92. The van der Waals surface area contributed by atoms with Crippen LogP contribution in [0, 0.1) is 11.8 Å². The molecule has 0 saturated heterocycles. The third-order valence-corrected chi connectivity index (χ3v) is 4.86. The van der Waals surface area contributed by atoms with Gasteiger partial charge < -0.3 is 4.74 Å². The van der Waals surface area contributed by atoms with Crippen LogP contribution in [0.5, 0.6) is 0 Å². The lowest BCUT2D eigenvalue weighted by Gasteiger charge is -2.36. The minimum Gasteiger partial charge on any atom is -0.456 e. The fraction of sp³-hybridized carbons (Fsp3) is 0.688. The zero-order valence-corrected chi connectivity index (χ0v) is 11.2. The van der Waals surface area contributed by atoms with Gasteiger partial charge in [0.2, 0.25) is 0 Å². The van der Waals surface area contributed by atoms with Gasteiger partial charge in [-0.1, -0.05) is 31.6 Å². The second kappa shape index (κ2) is 4.56. The molecule has 0 spiro atoms. The first-order chi connectivity index (χ1) is 8.72. The Morgan fingerprint density at radius 1 is 1.33 bits per heavy atom. The molecule has 0 aliphatic heterocycles. The average Bonchev–Trinajstić information content (AvgIpc) is 3.02. The fourth-order valence-corrected chi connectivity index (χ4v) is 3.63. The van der Waals surface area contributed by atoms with Crippen molar-refractivity contribution in [2.24, 2.45) is 11.8 Å². The second-order valence-corrected chi connectivity index (χ2v) is 6.00. The van der Waals surface area contributed by atoms with Crippen LogP contribution in [0.1, 0.15) is 51.9 Å². The van der Waals surface area contributed by atoms with Crippen LogP contribution in [0.15, 0.2) is 23.8 Å². The van der Waals surface area contributed by atoms with Crippen molar-refractivity contribution in [1.29, 1.82) is 0 Å². The van der Waals surface area contributed by atoms with Gasteiger partial charge in [0.25, 0.3) is 0 Å². The summed E-state index contributed by atoms with van der Waals surface area (Å²) in [6.07, 6.45) is 14.3. The van der Waals surface area contributed by atoms with E-state index < -0.39 is 0 Å². The van der Waals surface area contributed by atoms with Crippen molar-refractivity contribution in [2.75, 3.05) is 0 Å². The normalized spacial score (nSPS) is 32.4. The molecule has 3 rings (SSSR count). The first-order valence-corrected chi connectivity index (χ1v) is 7.36. The van der Waals surface area contributed by atoms with Crippen molar-refractivity contribution >= 4 is 5.97 Å². The topological polar surface area (TPSA) is 26.3 Å². The zero-order chi connectivity index (χ0) is 12.6. The Kier molecular flexibility index (Phi) is 3.04. The molecule has 2 atom stereocenters. The highest BCUT2D eigenvalue weighted by Gasteiger charge is 2.38. The number of fused-ring (bicyclic) bond motifs is 2. The number of allylic oxidation sites excluding steroid dienone is 3. The number of esters is 1. The summed E-state index contributed by atoms with van der Waals surface area (Å²) >= 11 is 0. The maximum Gasteiger partial charge on any atom is 0.334 e. The summed E-state index contributed by atoms with van der Waals surface area (Å²) in [4.78, 5) is 12.3. The van der Waals surface area contributed by atoms with E-state index in [-0.39, 0.29) is 11.6 Å². The molecular weight excluding hydrogens is 224 g/mol. The van der Waals surface area contributed by atoms with Gasteiger partial charge in [-0.15, -0.1) is 0 Å². The monoisotopic (exact) mass is 246 g/mol. The van der Waals surface area contributed by atoms with Crippen LogP contribution in [0.2, 0.25) is 0 Å². The van der Waals surface area contributed by atoms with Crippen LogP contribution in [0.25, 0.3) is 0 Å². The van der Waals surface area contributed by atoms with Crippen LogP contribution in [0.4, 0.5) is 0 Å². The Morgan fingerprint density at radius 3 is 2.67 bits per heavy atom. The lowest BCUT2D eigenvalue weighted by atomic mass is 9.82. The van der Waals surface area contributed by atoms with Crippen molar-refractivity contribution in [3.63, 3.8) is 0 Å². The molecule has 2 heteroatoms. The molecule has 0 aromatic carbocycles. The number of hydrogen-bond acceptors (Lipinski definition) is 2. The van der Waals surface area contributed by atoms with E-state index in [1.165, 1.54) is 19.3 Å². The predicted octanol–water partition coefficient (Wildman–Crippen LogP) is 3.77. The summed E-state index contributed by atoms with van der Waals surface area (Å²) in [5.74, 6) is 0.775. The van der Waals surface area contributed by atoms with Gasteiger partial charge in [0.15, 0.2) is 0 Å². The fourth-order valence-electron chi connectivity index (χ4n) is 3.63. The van der Waals surface area contributed by atoms with E-state index in [0.717, 1.165) is 31.3 Å². The summed E-state index contributed by atoms with van der Waals surface area (Å²) in [5, 5.41) is 0. The van der Waals surface area contributed by atoms with Crippen molar-refractivity contribution in [3.05, 3.63) is 23.8 Å². The Labute approximate surface area is 109 Å². The summed E-state index contributed by atoms with van der Waals surface area (Å²) in [6.45, 7) is 2.15. The molecule has 0 radical (unpaired) electrons. The van der Waals surface area contributed by atoms with E-state index in [9.17, 15) is 4.79 Å². The predicted molar refractivity (Wildman–Crippen MR) is 71.0 cm³/mol. The van der Waals surface area contributed by atoms with Gasteiger partial charge in [0, 0.05) is 11.5 Å². The number of hydrogen-bond donors (Lipinski definition) is 0. The smallest absolute Gasteiger partial charge is 0.334 e. The Morgan fingerprint density at radius 2 is 2.11 bits per heavy atom. The molecule has 2 nitrogen and oxygen atoms in total. The first kappa shape index (κ1) is 12.0. The highest BCUT2D eigenvalue weighted by atomic mass is 16.6. The molecule has 3 aliphatic carbocycles. The van der Waals surface area contributed by atoms with Gasteiger partial charge in [-0.05, 0) is 44.4 Å². The van der Waals surface area contributed by atoms with E-state index in [1.54, 1.807) is 0 Å². The molecule has 0 amide bonds. The number of carbonyl (C=O) groups excluding carboxylic acids is 1. The zero-order valence-electron chi connectivity index (χ0n) is 11.2. The van der Waals surface area contributed by atoms with Crippen LogP contribution in [0.3, 0.4) is 0 Å². The maximum absolute atomic E-state index is 12.3. The van der Waals surface area contributed by atoms with Crippen LogP contribution in [-0.2, 0) is 9.53 Å². The lowest BCUT2D eigenvalue weighted by Crippen LogP contribution is -2.37. The number of carbonyl (C=O) groups is 1. The Bertz CT molecular complexity index is 399. The quantitative estimate of drug-likeness (QED) is 0.559. The standard InChI is InChI=1S/C16H22O2/c1-2-16(8-4-3-5-9-16)18-15(17)14-11-12-6-7-13(14)10-12/h6-7,11-13H,2-5,8-10H2,1H3. The second-order valence-electron chi connectivity index (χ2n) is 6.00. The summed E-state index contributed by atoms with van der Waals surface area (Å²) in [7, 11) is 0. The van der Waals surface area contributed by atoms with E-state index in [2.05, 4.69) is 25.2 Å². The summed E-state index contributed by atoms with van der Waals surface area (Å²) in [5.41, 5.74) is 0.753. The molecule has 2 bridgehead atoms. The highest BCUT2D eigenvalue weighted by Crippen LogP contribution is 2.41. The molecule has 0 aromatic heterocycles. The molecule has 0 heterocycles. The third kappa shape index (κ3) is 2.02. The van der Waals surface area contributed by atoms with E-state index in [4.69, 9.17) is 4.74 Å². The lowest BCUT2D eigenvalue weighted by molar-refractivity contribution is -0.159. The summed E-state index contributed by atoms with van der Waals surface area (Å²) in [6, 6.07) is 0. The largest absolute Gasteiger partial charge is 0.456 e. The molecule has 1 fully saturated rings.